The molecule has 3 N–H and O–H groups in total. The van der Waals surface area contributed by atoms with Crippen LogP contribution < -0.4 is 11.1 Å². The third-order valence-corrected chi connectivity index (χ3v) is 1.66. The largest absolute Gasteiger partial charge is 0.453 e. The summed E-state index contributed by atoms with van der Waals surface area (Å²) in [6.07, 6.45) is -0.455. The Hall–Kier alpha value is -1.71. The highest BCUT2D eigenvalue weighted by Gasteiger charge is 2.00. The highest BCUT2D eigenvalue weighted by atomic mass is 16.5. The van der Waals surface area contributed by atoms with Gasteiger partial charge in [0, 0.05) is 12.2 Å². The maximum Gasteiger partial charge on any atom is 0.407 e. The quantitative estimate of drug-likeness (QED) is 0.670. The molecule has 1 amide bonds. The molecule has 70 valence electrons. The van der Waals surface area contributed by atoms with Gasteiger partial charge in [-0.3, -0.25) is 0 Å². The fourth-order valence-corrected chi connectivity index (χ4v) is 0.935. The minimum Gasteiger partial charge on any atom is -0.453 e. The van der Waals surface area contributed by atoms with E-state index in [0.29, 0.717) is 12.2 Å². The maximum absolute atomic E-state index is 10.7. The van der Waals surface area contributed by atoms with E-state index in [4.69, 9.17) is 5.73 Å². The Bertz CT molecular complexity index is 299. The zero-order chi connectivity index (χ0) is 9.68. The predicted molar refractivity (Wildman–Crippen MR) is 50.1 cm³/mol. The van der Waals surface area contributed by atoms with E-state index in [1.165, 1.54) is 7.11 Å². The van der Waals surface area contributed by atoms with Crippen molar-refractivity contribution in [2.75, 3.05) is 12.8 Å². The molecule has 0 saturated carbocycles. The van der Waals surface area contributed by atoms with E-state index >= 15 is 0 Å². The van der Waals surface area contributed by atoms with Crippen molar-refractivity contribution in [3.63, 3.8) is 0 Å². The Labute approximate surface area is 76.7 Å². The van der Waals surface area contributed by atoms with Crippen molar-refractivity contribution in [2.24, 2.45) is 0 Å². The number of carbonyl (C=O) groups excluding carboxylic acids is 1. The van der Waals surface area contributed by atoms with E-state index in [-0.39, 0.29) is 0 Å². The average molecular weight is 180 g/mol. The first-order valence-electron chi connectivity index (χ1n) is 3.89. The zero-order valence-corrected chi connectivity index (χ0v) is 7.41. The summed E-state index contributed by atoms with van der Waals surface area (Å²) in [4.78, 5) is 10.7. The Morgan fingerprint density at radius 1 is 1.54 bits per heavy atom. The summed E-state index contributed by atoms with van der Waals surface area (Å²) in [6.45, 7) is 0.388. The fourth-order valence-electron chi connectivity index (χ4n) is 0.935. The number of nitrogens with two attached hydrogens (primary N) is 1. The van der Waals surface area contributed by atoms with Crippen molar-refractivity contribution >= 4 is 11.8 Å². The lowest BCUT2D eigenvalue weighted by Crippen LogP contribution is -2.22. The number of nitrogen functional groups attached to an aromatic ring is 1. The lowest BCUT2D eigenvalue weighted by molar-refractivity contribution is 0.170. The smallest absolute Gasteiger partial charge is 0.407 e. The maximum atomic E-state index is 10.7. The molecular formula is C9H12N2O2. The van der Waals surface area contributed by atoms with Crippen LogP contribution in [0.2, 0.25) is 0 Å². The summed E-state index contributed by atoms with van der Waals surface area (Å²) in [6, 6.07) is 7.35. The van der Waals surface area contributed by atoms with Gasteiger partial charge in [-0.2, -0.15) is 0 Å². The molecule has 0 atom stereocenters. The van der Waals surface area contributed by atoms with Crippen molar-refractivity contribution < 1.29 is 9.53 Å². The Morgan fingerprint density at radius 2 is 2.23 bits per heavy atom. The molecule has 13 heavy (non-hydrogen) atoms. The van der Waals surface area contributed by atoms with Crippen LogP contribution in [-0.4, -0.2) is 13.2 Å². The number of rotatable bonds is 2. The molecule has 0 fully saturated rings. The van der Waals surface area contributed by atoms with Crippen LogP contribution in [0.25, 0.3) is 0 Å². The molecule has 1 aromatic carbocycles. The molecule has 0 spiro atoms. The number of ether oxygens (including phenoxy) is 1. The summed E-state index contributed by atoms with van der Waals surface area (Å²) in [5, 5.41) is 2.55. The standard InChI is InChI=1S/C9H12N2O2/c1-13-9(12)11-6-7-4-2-3-5-8(7)10/h2-5H,6,10H2,1H3,(H,11,12). The number of para-hydroxylation sites is 1. The first-order chi connectivity index (χ1) is 6.24. The number of hydrogen-bond acceptors (Lipinski definition) is 3. The second-order valence-corrected chi connectivity index (χ2v) is 2.54. The summed E-state index contributed by atoms with van der Waals surface area (Å²) in [5.41, 5.74) is 7.20. The van der Waals surface area contributed by atoms with Gasteiger partial charge in [-0.15, -0.1) is 0 Å². The third kappa shape index (κ3) is 2.66. The minimum absolute atomic E-state index is 0.388. The van der Waals surface area contributed by atoms with Gasteiger partial charge in [0.25, 0.3) is 0 Å². The topological polar surface area (TPSA) is 64.3 Å². The van der Waals surface area contributed by atoms with Gasteiger partial charge in [0.2, 0.25) is 0 Å². The van der Waals surface area contributed by atoms with Crippen LogP contribution in [0.5, 0.6) is 0 Å². The van der Waals surface area contributed by atoms with Crippen molar-refractivity contribution in [2.45, 2.75) is 6.54 Å². The molecule has 4 heteroatoms. The summed E-state index contributed by atoms with van der Waals surface area (Å²) < 4.78 is 4.42. The van der Waals surface area contributed by atoms with E-state index in [9.17, 15) is 4.79 Å². The van der Waals surface area contributed by atoms with Crippen molar-refractivity contribution in [3.05, 3.63) is 29.8 Å². The molecule has 0 heterocycles. The van der Waals surface area contributed by atoms with Crippen molar-refractivity contribution in [1.82, 2.24) is 5.32 Å². The highest BCUT2D eigenvalue weighted by Crippen LogP contribution is 2.09. The Kier molecular flexibility index (Phi) is 3.14. The highest BCUT2D eigenvalue weighted by molar-refractivity contribution is 5.67. The third-order valence-electron chi connectivity index (χ3n) is 1.66. The number of nitrogens with one attached hydrogen (secondary N) is 1. The second-order valence-electron chi connectivity index (χ2n) is 2.54. The van der Waals surface area contributed by atoms with E-state index < -0.39 is 6.09 Å². The fraction of sp³-hybridized carbons (Fsp3) is 0.222. The van der Waals surface area contributed by atoms with Gasteiger partial charge >= 0.3 is 6.09 Å². The number of anilines is 1. The summed E-state index contributed by atoms with van der Waals surface area (Å²) in [5.74, 6) is 0. The zero-order valence-electron chi connectivity index (χ0n) is 7.41. The van der Waals surface area contributed by atoms with E-state index in [2.05, 4.69) is 10.1 Å². The molecule has 1 rings (SSSR count). The molecule has 1 aromatic rings. The van der Waals surface area contributed by atoms with Gasteiger partial charge in [0.1, 0.15) is 0 Å². The molecule has 0 aliphatic rings. The molecular weight excluding hydrogens is 168 g/mol. The van der Waals surface area contributed by atoms with Gasteiger partial charge < -0.3 is 15.8 Å². The van der Waals surface area contributed by atoms with Gasteiger partial charge in [-0.05, 0) is 11.6 Å². The Morgan fingerprint density at radius 3 is 2.85 bits per heavy atom. The monoisotopic (exact) mass is 180 g/mol. The Balaban J connectivity index is 2.54. The van der Waals surface area contributed by atoms with Crippen LogP contribution in [0, 0.1) is 0 Å². The van der Waals surface area contributed by atoms with Crippen LogP contribution in [0.4, 0.5) is 10.5 Å². The molecule has 0 unspecified atom stereocenters. The number of methoxy groups -OCH3 is 1. The number of benzene rings is 1. The lowest BCUT2D eigenvalue weighted by atomic mass is 10.2. The molecule has 0 bridgehead atoms. The van der Waals surface area contributed by atoms with Crippen LogP contribution >= 0.6 is 0 Å². The molecule has 0 aliphatic carbocycles. The second kappa shape index (κ2) is 4.35. The van der Waals surface area contributed by atoms with Crippen LogP contribution in [-0.2, 0) is 11.3 Å². The molecule has 0 saturated heterocycles. The summed E-state index contributed by atoms with van der Waals surface area (Å²) >= 11 is 0. The van der Waals surface area contributed by atoms with Gasteiger partial charge in [-0.25, -0.2) is 4.79 Å². The van der Waals surface area contributed by atoms with Crippen LogP contribution in [0.1, 0.15) is 5.56 Å². The van der Waals surface area contributed by atoms with Gasteiger partial charge in [0.15, 0.2) is 0 Å². The average Bonchev–Trinajstić information content (AvgIpc) is 2.16. The number of amides is 1. The number of hydrogen-bond donors (Lipinski definition) is 2. The predicted octanol–water partition coefficient (Wildman–Crippen LogP) is 1.12. The van der Waals surface area contributed by atoms with Crippen LogP contribution in [0.3, 0.4) is 0 Å². The van der Waals surface area contributed by atoms with Crippen LogP contribution in [0.15, 0.2) is 24.3 Å². The molecule has 0 aromatic heterocycles. The molecule has 0 aliphatic heterocycles. The normalized spacial score (nSPS) is 9.31. The van der Waals surface area contributed by atoms with Crippen molar-refractivity contribution in [3.8, 4) is 0 Å². The van der Waals surface area contributed by atoms with E-state index in [1.54, 1.807) is 6.07 Å². The molecule has 0 radical (unpaired) electrons. The van der Waals surface area contributed by atoms with E-state index in [0.717, 1.165) is 5.56 Å². The van der Waals surface area contributed by atoms with Gasteiger partial charge in [0.05, 0.1) is 7.11 Å². The number of alkyl carbamates (subject to hydrolysis) is 1. The molecule has 4 nitrogen and oxygen atoms in total. The van der Waals surface area contributed by atoms with E-state index in [1.807, 2.05) is 18.2 Å². The first kappa shape index (κ1) is 9.38. The minimum atomic E-state index is -0.455. The summed E-state index contributed by atoms with van der Waals surface area (Å²) in [7, 11) is 1.32. The lowest BCUT2D eigenvalue weighted by Gasteiger charge is -2.05. The SMILES string of the molecule is COC(=O)NCc1ccccc1N. The number of carbonyl (C=O) groups is 1. The van der Waals surface area contributed by atoms with Crippen molar-refractivity contribution in [1.29, 1.82) is 0 Å². The van der Waals surface area contributed by atoms with Gasteiger partial charge in [-0.1, -0.05) is 18.2 Å². The first-order valence-corrected chi connectivity index (χ1v) is 3.89.